The highest BCUT2D eigenvalue weighted by Gasteiger charge is 2.20. The molecule has 0 amide bonds. The minimum atomic E-state index is -3.58. The van der Waals surface area contributed by atoms with Crippen LogP contribution in [0, 0.1) is 17.0 Å². The second-order valence-electron chi connectivity index (χ2n) is 5.31. The number of nitro groups is 1. The van der Waals surface area contributed by atoms with Crippen LogP contribution >= 0.6 is 11.6 Å². The molecule has 2 aromatic carbocycles. The monoisotopic (exact) mass is 369 g/mol. The molecule has 0 spiro atoms. The Morgan fingerprint density at radius 1 is 1.17 bits per heavy atom. The van der Waals surface area contributed by atoms with Gasteiger partial charge in [0.05, 0.1) is 20.5 Å². The first-order chi connectivity index (χ1) is 11.1. The summed E-state index contributed by atoms with van der Waals surface area (Å²) < 4.78 is 25.8. The van der Waals surface area contributed by atoms with Gasteiger partial charge in [-0.2, -0.15) is 0 Å². The molecular weight excluding hydrogens is 354 g/mol. The van der Waals surface area contributed by atoms with Crippen LogP contribution < -0.4 is 5.32 Å². The Morgan fingerprint density at radius 2 is 1.83 bits per heavy atom. The van der Waals surface area contributed by atoms with E-state index in [1.54, 1.807) is 19.1 Å². The molecule has 24 heavy (non-hydrogen) atoms. The number of aryl methyl sites for hydroxylation is 1. The molecule has 0 aliphatic carbocycles. The van der Waals surface area contributed by atoms with Gasteiger partial charge in [-0.3, -0.25) is 10.1 Å². The molecule has 0 saturated carbocycles. The van der Waals surface area contributed by atoms with E-state index in [4.69, 9.17) is 11.6 Å². The molecule has 0 fully saturated rings. The quantitative estimate of drug-likeness (QED) is 0.642. The highest BCUT2D eigenvalue weighted by Crippen LogP contribution is 2.30. The van der Waals surface area contributed by atoms with E-state index in [0.717, 1.165) is 4.31 Å². The first-order valence-corrected chi connectivity index (χ1v) is 8.69. The molecule has 0 atom stereocenters. The van der Waals surface area contributed by atoms with E-state index in [1.165, 1.54) is 38.4 Å². The Morgan fingerprint density at radius 3 is 2.38 bits per heavy atom. The van der Waals surface area contributed by atoms with Crippen molar-refractivity contribution in [2.75, 3.05) is 19.4 Å². The van der Waals surface area contributed by atoms with Gasteiger partial charge in [0.25, 0.3) is 5.69 Å². The van der Waals surface area contributed by atoms with E-state index in [1.807, 2.05) is 0 Å². The van der Waals surface area contributed by atoms with Crippen LogP contribution in [0.2, 0.25) is 5.02 Å². The predicted octanol–water partition coefficient (Wildman–Crippen LogP) is 3.55. The highest BCUT2D eigenvalue weighted by atomic mass is 35.5. The smallest absolute Gasteiger partial charge is 0.271 e. The van der Waals surface area contributed by atoms with Crippen molar-refractivity contribution in [1.29, 1.82) is 0 Å². The average molecular weight is 370 g/mol. The third-order valence-electron chi connectivity index (χ3n) is 3.39. The number of hydrogen-bond acceptors (Lipinski definition) is 5. The summed E-state index contributed by atoms with van der Waals surface area (Å²) >= 11 is 6.04. The lowest BCUT2D eigenvalue weighted by Crippen LogP contribution is -2.23. The van der Waals surface area contributed by atoms with Crippen molar-refractivity contribution in [3.8, 4) is 0 Å². The minimum absolute atomic E-state index is 0.120. The molecule has 0 heterocycles. The first kappa shape index (κ1) is 18.2. The molecule has 0 bridgehead atoms. The number of nitro benzene ring substituents is 1. The van der Waals surface area contributed by atoms with Crippen LogP contribution in [0.4, 0.5) is 17.1 Å². The van der Waals surface area contributed by atoms with Crippen LogP contribution in [0.15, 0.2) is 41.3 Å². The zero-order valence-corrected chi connectivity index (χ0v) is 14.9. The predicted molar refractivity (Wildman–Crippen MR) is 93.4 cm³/mol. The van der Waals surface area contributed by atoms with Gasteiger partial charge in [0.1, 0.15) is 0 Å². The molecule has 0 radical (unpaired) electrons. The van der Waals surface area contributed by atoms with Crippen molar-refractivity contribution in [2.24, 2.45) is 0 Å². The molecule has 0 unspecified atom stereocenters. The Labute approximate surface area is 145 Å². The molecule has 2 rings (SSSR count). The first-order valence-electron chi connectivity index (χ1n) is 6.87. The van der Waals surface area contributed by atoms with Gasteiger partial charge < -0.3 is 5.32 Å². The number of nitrogens with zero attached hydrogens (tertiary/aromatic N) is 2. The third-order valence-corrected chi connectivity index (χ3v) is 5.66. The molecule has 128 valence electrons. The normalized spacial score (nSPS) is 11.5. The third kappa shape index (κ3) is 3.66. The van der Waals surface area contributed by atoms with Crippen LogP contribution in [-0.4, -0.2) is 31.7 Å². The van der Waals surface area contributed by atoms with Crippen molar-refractivity contribution < 1.29 is 13.3 Å². The maximum absolute atomic E-state index is 12.3. The minimum Gasteiger partial charge on any atom is -0.354 e. The Balaban J connectivity index is 2.40. The number of halogens is 1. The zero-order chi connectivity index (χ0) is 18.1. The lowest BCUT2D eigenvalue weighted by molar-refractivity contribution is -0.384. The fraction of sp³-hybridized carbons (Fsp3) is 0.200. The zero-order valence-electron chi connectivity index (χ0n) is 13.3. The second-order valence-corrected chi connectivity index (χ2v) is 7.84. The highest BCUT2D eigenvalue weighted by molar-refractivity contribution is 7.89. The van der Waals surface area contributed by atoms with Crippen LogP contribution in [0.5, 0.6) is 0 Å². The van der Waals surface area contributed by atoms with Gasteiger partial charge in [-0.1, -0.05) is 17.7 Å². The molecule has 2 aromatic rings. The van der Waals surface area contributed by atoms with E-state index < -0.39 is 14.9 Å². The topological polar surface area (TPSA) is 92.5 Å². The summed E-state index contributed by atoms with van der Waals surface area (Å²) in [5.41, 5.74) is 1.45. The molecule has 9 heteroatoms. The van der Waals surface area contributed by atoms with Crippen LogP contribution in [-0.2, 0) is 10.0 Å². The van der Waals surface area contributed by atoms with Gasteiger partial charge in [0, 0.05) is 31.9 Å². The summed E-state index contributed by atoms with van der Waals surface area (Å²) in [6.07, 6.45) is 0. The number of non-ortho nitro benzene ring substituents is 1. The maximum Gasteiger partial charge on any atom is 0.271 e. The van der Waals surface area contributed by atoms with Crippen LogP contribution in [0.25, 0.3) is 0 Å². The van der Waals surface area contributed by atoms with E-state index in [9.17, 15) is 18.5 Å². The standard InChI is InChI=1S/C15H16ClN3O4S/c1-10-4-5-11(8-15(10)24(22,23)18(2)3)17-14-7-6-12(19(20)21)9-13(14)16/h4-9,17H,1-3H3. The fourth-order valence-corrected chi connectivity index (χ4v) is 3.39. The summed E-state index contributed by atoms with van der Waals surface area (Å²) in [6, 6.07) is 8.91. The maximum atomic E-state index is 12.3. The Hall–Kier alpha value is -2.16. The number of hydrogen-bond donors (Lipinski definition) is 1. The Kier molecular flexibility index (Phi) is 5.12. The van der Waals surface area contributed by atoms with Crippen molar-refractivity contribution in [2.45, 2.75) is 11.8 Å². The van der Waals surface area contributed by atoms with Crippen LogP contribution in [0.1, 0.15) is 5.56 Å². The number of rotatable bonds is 5. The number of nitrogens with one attached hydrogen (secondary N) is 1. The molecule has 7 nitrogen and oxygen atoms in total. The van der Waals surface area contributed by atoms with Crippen molar-refractivity contribution in [1.82, 2.24) is 4.31 Å². The molecule has 0 aliphatic heterocycles. The van der Waals surface area contributed by atoms with Crippen molar-refractivity contribution >= 4 is 38.7 Å². The van der Waals surface area contributed by atoms with Crippen LogP contribution in [0.3, 0.4) is 0 Å². The SMILES string of the molecule is Cc1ccc(Nc2ccc([N+](=O)[O-])cc2Cl)cc1S(=O)(=O)N(C)C. The van der Waals surface area contributed by atoms with Gasteiger partial charge in [0.2, 0.25) is 10.0 Å². The molecular formula is C15H16ClN3O4S. The van der Waals surface area contributed by atoms with Gasteiger partial charge in [-0.25, -0.2) is 12.7 Å². The fourth-order valence-electron chi connectivity index (χ4n) is 2.03. The summed E-state index contributed by atoms with van der Waals surface area (Å²) in [5.74, 6) is 0. The molecule has 0 aromatic heterocycles. The summed E-state index contributed by atoms with van der Waals surface area (Å²) in [4.78, 5) is 10.4. The van der Waals surface area contributed by atoms with Gasteiger partial charge >= 0.3 is 0 Å². The van der Waals surface area contributed by atoms with E-state index >= 15 is 0 Å². The van der Waals surface area contributed by atoms with E-state index in [0.29, 0.717) is 16.9 Å². The molecule has 1 N–H and O–H groups in total. The second kappa shape index (κ2) is 6.76. The molecule has 0 saturated heterocycles. The number of anilines is 2. The largest absolute Gasteiger partial charge is 0.354 e. The van der Waals surface area contributed by atoms with Gasteiger partial charge in [-0.05, 0) is 30.7 Å². The Bertz CT molecular complexity index is 898. The van der Waals surface area contributed by atoms with E-state index in [2.05, 4.69) is 5.32 Å². The summed E-state index contributed by atoms with van der Waals surface area (Å²) in [6.45, 7) is 1.71. The number of benzene rings is 2. The lowest BCUT2D eigenvalue weighted by Gasteiger charge is -2.15. The summed E-state index contributed by atoms with van der Waals surface area (Å²) in [7, 11) is -0.659. The molecule has 0 aliphatic rings. The van der Waals surface area contributed by atoms with Crippen molar-refractivity contribution in [3.05, 3.63) is 57.1 Å². The van der Waals surface area contributed by atoms with Gasteiger partial charge in [0.15, 0.2) is 0 Å². The van der Waals surface area contributed by atoms with E-state index in [-0.39, 0.29) is 15.6 Å². The average Bonchev–Trinajstić information content (AvgIpc) is 2.50. The lowest BCUT2D eigenvalue weighted by atomic mass is 10.2. The van der Waals surface area contributed by atoms with Gasteiger partial charge in [-0.15, -0.1) is 0 Å². The number of sulfonamides is 1. The van der Waals surface area contributed by atoms with Crippen molar-refractivity contribution in [3.63, 3.8) is 0 Å². The summed E-state index contributed by atoms with van der Waals surface area (Å²) in [5, 5.41) is 13.9.